The van der Waals surface area contributed by atoms with Crippen LogP contribution in [0.5, 0.6) is 17.2 Å². The van der Waals surface area contributed by atoms with Gasteiger partial charge in [0.1, 0.15) is 59.3 Å². The third kappa shape index (κ3) is 7.97. The predicted molar refractivity (Wildman–Crippen MR) is 222 cm³/mol. The third-order valence-corrected chi connectivity index (χ3v) is 13.6. The van der Waals surface area contributed by atoms with Gasteiger partial charge < -0.3 is 60.2 Å². The second-order valence-corrected chi connectivity index (χ2v) is 17.3. The molecule has 2 fully saturated rings. The van der Waals surface area contributed by atoms with Crippen molar-refractivity contribution in [3.8, 4) is 17.2 Å². The van der Waals surface area contributed by atoms with Gasteiger partial charge in [0, 0.05) is 47.3 Å². The van der Waals surface area contributed by atoms with Crippen molar-refractivity contribution >= 4 is 53.0 Å². The highest BCUT2D eigenvalue weighted by Crippen LogP contribution is 2.52. The van der Waals surface area contributed by atoms with Crippen molar-refractivity contribution in [1.82, 2.24) is 15.5 Å². The summed E-state index contributed by atoms with van der Waals surface area (Å²) in [4.78, 5) is 93.3. The molecule has 342 valence electrons. The van der Waals surface area contributed by atoms with E-state index in [9.17, 15) is 64.2 Å². The number of ketones is 3. The standard InChI is InChI=1S/C44H43N3O17S/c1-18-35(51)23(45-43(59)62-16-20-17-65-41-33(40(56)47(41)34(20)42(57)58)46-27(50)11-19-7-4-3-5-8-19)12-28(63-18)64-25-14-44(60,26(49)15-48)13-22-30(25)39(55)32-31(37(22)53)36(52)21-9-6-10-24(61-2)29(21)38(32)54/h3-10,18,23,25,28,33,35,41,48,51,53,55,60H,11-17H2,1-2H3,(H,45,59)(H,46,50)(H,57,58)/t18?,23?,25-,28?,33+,35?,41+,44-/m0/s1. The topological polar surface area (TPSA) is 305 Å². The number of aliphatic hydroxyl groups excluding tert-OH is 2. The summed E-state index contributed by atoms with van der Waals surface area (Å²) in [5.41, 5.74) is -4.05. The number of thioether (sulfide) groups is 1. The molecular weight excluding hydrogens is 875 g/mol. The second-order valence-electron chi connectivity index (χ2n) is 16.2. The first kappa shape index (κ1) is 45.2. The van der Waals surface area contributed by atoms with Gasteiger partial charge in [-0.1, -0.05) is 42.5 Å². The van der Waals surface area contributed by atoms with Gasteiger partial charge in [-0.25, -0.2) is 9.59 Å². The Morgan fingerprint density at radius 3 is 2.38 bits per heavy atom. The molecule has 4 unspecified atom stereocenters. The molecule has 3 aromatic carbocycles. The quantitative estimate of drug-likeness (QED) is 0.0718. The molecule has 3 aromatic rings. The van der Waals surface area contributed by atoms with E-state index in [0.29, 0.717) is 0 Å². The predicted octanol–water partition coefficient (Wildman–Crippen LogP) is 0.750. The lowest BCUT2D eigenvalue weighted by Gasteiger charge is -2.49. The maximum absolute atomic E-state index is 14.0. The molecule has 20 nitrogen and oxygen atoms in total. The van der Waals surface area contributed by atoms with Crippen LogP contribution in [0.4, 0.5) is 4.79 Å². The monoisotopic (exact) mass is 917 g/mol. The normalized spacial score (nSPS) is 26.8. The van der Waals surface area contributed by atoms with Crippen LogP contribution in [0.1, 0.15) is 74.4 Å². The van der Waals surface area contributed by atoms with Gasteiger partial charge in [0.05, 0.1) is 48.5 Å². The molecule has 8 N–H and O–H groups in total. The van der Waals surface area contributed by atoms with Gasteiger partial charge in [-0.15, -0.1) is 11.8 Å². The highest BCUT2D eigenvalue weighted by atomic mass is 32.2. The Kier molecular flexibility index (Phi) is 12.2. The number of aliphatic carboxylic acids is 1. The molecule has 0 radical (unpaired) electrons. The first-order valence-electron chi connectivity index (χ1n) is 20.4. The van der Waals surface area contributed by atoms with Crippen LogP contribution in [0.3, 0.4) is 0 Å². The molecule has 5 aliphatic rings. The van der Waals surface area contributed by atoms with E-state index in [-0.39, 0.29) is 52.2 Å². The molecule has 0 aromatic heterocycles. The van der Waals surface area contributed by atoms with E-state index in [2.05, 4.69) is 10.6 Å². The molecule has 2 saturated heterocycles. The maximum atomic E-state index is 14.0. The Hall–Kier alpha value is -6.36. The van der Waals surface area contributed by atoms with E-state index in [1.54, 1.807) is 30.3 Å². The van der Waals surface area contributed by atoms with Crippen molar-refractivity contribution in [1.29, 1.82) is 0 Å². The van der Waals surface area contributed by atoms with E-state index < -0.39 is 143 Å². The van der Waals surface area contributed by atoms with Crippen LogP contribution in [0, 0.1) is 0 Å². The second kappa shape index (κ2) is 17.6. The summed E-state index contributed by atoms with van der Waals surface area (Å²) in [6.07, 6.45) is -8.20. The smallest absolute Gasteiger partial charge is 0.407 e. The molecule has 2 aliphatic carbocycles. The van der Waals surface area contributed by atoms with E-state index in [0.717, 1.165) is 10.5 Å². The van der Waals surface area contributed by atoms with Crippen LogP contribution in [0.25, 0.3) is 0 Å². The van der Waals surface area contributed by atoms with Crippen molar-refractivity contribution in [3.05, 3.63) is 98.7 Å². The summed E-state index contributed by atoms with van der Waals surface area (Å²) >= 11 is 1.17. The fourth-order valence-corrected chi connectivity index (χ4v) is 10.3. The van der Waals surface area contributed by atoms with Crippen LogP contribution in [-0.4, -0.2) is 144 Å². The number of amides is 3. The fraction of sp³-hybridized carbons (Fsp3) is 0.386. The lowest BCUT2D eigenvalue weighted by Crippen LogP contribution is -2.70. The summed E-state index contributed by atoms with van der Waals surface area (Å²) in [5.74, 6) is -6.89. The van der Waals surface area contributed by atoms with E-state index in [1.165, 1.54) is 44.0 Å². The Morgan fingerprint density at radius 1 is 0.969 bits per heavy atom. The highest BCUT2D eigenvalue weighted by molar-refractivity contribution is 8.00. The number of carbonyl (C=O) groups excluding carboxylic acids is 6. The van der Waals surface area contributed by atoms with E-state index in [4.69, 9.17) is 18.9 Å². The van der Waals surface area contributed by atoms with Crippen molar-refractivity contribution in [2.45, 2.75) is 80.3 Å². The van der Waals surface area contributed by atoms with Crippen LogP contribution >= 0.6 is 11.8 Å². The van der Waals surface area contributed by atoms with E-state index in [1.807, 2.05) is 0 Å². The molecule has 21 heteroatoms. The maximum Gasteiger partial charge on any atom is 0.407 e. The number of carbonyl (C=O) groups is 7. The number of phenols is 2. The Morgan fingerprint density at radius 2 is 1.69 bits per heavy atom. The van der Waals surface area contributed by atoms with Crippen molar-refractivity contribution in [3.63, 3.8) is 0 Å². The zero-order valence-electron chi connectivity index (χ0n) is 34.6. The SMILES string of the molecule is COc1cccc2c1C(=O)c1c(O)c3c(c(O)c1C2=O)C[C@@](O)(C(=O)CO)C[C@@H]3OC1CC(NC(=O)OCC2=C(C(=O)O)N3C(=O)[C@@H](NC(=O)Cc4ccccc4)[C@H]3SC2)C(O)C(C)O1. The number of nitrogens with one attached hydrogen (secondary N) is 2. The minimum atomic E-state index is -2.42. The van der Waals surface area contributed by atoms with Gasteiger partial charge in [0.25, 0.3) is 5.91 Å². The number of aromatic hydroxyl groups is 2. The highest BCUT2D eigenvalue weighted by Gasteiger charge is 2.55. The minimum Gasteiger partial charge on any atom is -0.507 e. The lowest BCUT2D eigenvalue weighted by molar-refractivity contribution is -0.249. The first-order chi connectivity index (χ1) is 31.0. The van der Waals surface area contributed by atoms with Crippen LogP contribution in [-0.2, 0) is 46.2 Å². The molecule has 3 heterocycles. The van der Waals surface area contributed by atoms with E-state index >= 15 is 0 Å². The Balaban J connectivity index is 0.984. The summed E-state index contributed by atoms with van der Waals surface area (Å²) in [5, 5.41) is 70.5. The number of phenolic OH excluding ortho intramolecular Hbond substituents is 2. The van der Waals surface area contributed by atoms with Crippen LogP contribution in [0.15, 0.2) is 59.8 Å². The molecule has 3 aliphatic heterocycles. The number of hydrogen-bond donors (Lipinski definition) is 8. The number of carboxylic acid groups (broad SMARTS) is 1. The molecule has 8 atom stereocenters. The first-order valence-corrected chi connectivity index (χ1v) is 21.4. The largest absolute Gasteiger partial charge is 0.507 e. The molecule has 65 heavy (non-hydrogen) atoms. The third-order valence-electron chi connectivity index (χ3n) is 12.2. The number of nitrogens with zero attached hydrogens (tertiary/aromatic N) is 1. The summed E-state index contributed by atoms with van der Waals surface area (Å²) in [6, 6.07) is 10.9. The number of alkyl carbamates (subject to hydrolysis) is 1. The molecular formula is C44H43N3O17S. The van der Waals surface area contributed by atoms with Gasteiger partial charge in [-0.3, -0.25) is 28.9 Å². The number of aliphatic hydroxyl groups is 3. The number of hydrogen-bond acceptors (Lipinski definition) is 17. The summed E-state index contributed by atoms with van der Waals surface area (Å²) in [6.45, 7) is -0.265. The minimum absolute atomic E-state index is 0.0159. The van der Waals surface area contributed by atoms with Crippen LogP contribution < -0.4 is 15.4 Å². The van der Waals surface area contributed by atoms with Gasteiger partial charge in [-0.05, 0) is 18.6 Å². The van der Waals surface area contributed by atoms with Gasteiger partial charge in [-0.2, -0.15) is 0 Å². The lowest BCUT2D eigenvalue weighted by atomic mass is 9.72. The number of β-lactam (4-membered cyclic amide) rings is 1. The van der Waals surface area contributed by atoms with Gasteiger partial charge in [0.2, 0.25) is 11.7 Å². The number of rotatable bonds is 12. The van der Waals surface area contributed by atoms with Crippen molar-refractivity contribution < 1.29 is 83.1 Å². The van der Waals surface area contributed by atoms with Gasteiger partial charge in [0.15, 0.2) is 17.9 Å². The fourth-order valence-electron chi connectivity index (χ4n) is 9.00. The molecule has 0 saturated carbocycles. The van der Waals surface area contributed by atoms with Crippen molar-refractivity contribution in [2.75, 3.05) is 26.1 Å². The number of fused-ring (bicyclic) bond motifs is 4. The Bertz CT molecular complexity index is 2570. The molecule has 3 amide bonds. The number of benzene rings is 3. The Labute approximate surface area is 373 Å². The average Bonchev–Trinajstić information content (AvgIpc) is 3.28. The van der Waals surface area contributed by atoms with Crippen LogP contribution in [0.2, 0.25) is 0 Å². The molecule has 8 rings (SSSR count). The average molecular weight is 918 g/mol. The van der Waals surface area contributed by atoms with Crippen molar-refractivity contribution in [2.24, 2.45) is 0 Å². The number of Topliss-reactive ketones (excluding diaryl/α,β-unsaturated/α-hetero) is 1. The summed E-state index contributed by atoms with van der Waals surface area (Å²) in [7, 11) is 1.28. The zero-order chi connectivity index (χ0) is 46.6. The molecule has 0 bridgehead atoms. The van der Waals surface area contributed by atoms with Gasteiger partial charge >= 0.3 is 12.1 Å². The number of methoxy groups -OCH3 is 1. The summed E-state index contributed by atoms with van der Waals surface area (Å²) < 4.78 is 22.8. The molecule has 0 spiro atoms. The number of carboxylic acids is 1. The zero-order valence-corrected chi connectivity index (χ0v) is 35.5. The number of ether oxygens (including phenoxy) is 4.